The highest BCUT2D eigenvalue weighted by molar-refractivity contribution is 5.84. The van der Waals surface area contributed by atoms with Crippen LogP contribution in [-0.4, -0.2) is 39.6 Å². The summed E-state index contributed by atoms with van der Waals surface area (Å²) in [5.74, 6) is 0.806. The fraction of sp³-hybridized carbons (Fsp3) is 0.333. The number of hydrogen-bond acceptors (Lipinski definition) is 6. The molecule has 0 bridgehead atoms. The van der Waals surface area contributed by atoms with Crippen molar-refractivity contribution in [3.63, 3.8) is 0 Å². The molecular weight excluding hydrogens is 358 g/mol. The van der Waals surface area contributed by atoms with E-state index in [1.54, 1.807) is 32.0 Å². The molecule has 2 aromatic carbocycles. The molecule has 0 fully saturated rings. The Morgan fingerprint density at radius 2 is 1.82 bits per heavy atom. The minimum atomic E-state index is -0.820. The maximum atomic E-state index is 13.4. The predicted molar refractivity (Wildman–Crippen MR) is 108 cm³/mol. The molecule has 3 aromatic rings. The minimum Gasteiger partial charge on any atom is -0.492 e. The third-order valence-electron chi connectivity index (χ3n) is 4.65. The van der Waals surface area contributed by atoms with E-state index in [0.717, 1.165) is 0 Å². The maximum Gasteiger partial charge on any atom is 0.269 e. The summed E-state index contributed by atoms with van der Waals surface area (Å²) in [4.78, 5) is 18.0. The molecule has 1 heterocycles. The second-order valence-corrected chi connectivity index (χ2v) is 7.30. The fourth-order valence-corrected chi connectivity index (χ4v) is 2.86. The largest absolute Gasteiger partial charge is 0.492 e. The summed E-state index contributed by atoms with van der Waals surface area (Å²) >= 11 is 0. The Morgan fingerprint density at radius 1 is 1.14 bits per heavy atom. The second kappa shape index (κ2) is 8.10. The summed E-state index contributed by atoms with van der Waals surface area (Å²) < 4.78 is 7.33. The van der Waals surface area contributed by atoms with Gasteiger partial charge < -0.3 is 20.7 Å². The first kappa shape index (κ1) is 20.0. The molecule has 1 aromatic heterocycles. The van der Waals surface area contributed by atoms with E-state index >= 15 is 0 Å². The van der Waals surface area contributed by atoms with Crippen LogP contribution in [0.25, 0.3) is 16.6 Å². The second-order valence-electron chi connectivity index (χ2n) is 7.30. The van der Waals surface area contributed by atoms with E-state index in [9.17, 15) is 15.0 Å². The van der Waals surface area contributed by atoms with Crippen LogP contribution in [0.5, 0.6) is 5.75 Å². The summed E-state index contributed by atoms with van der Waals surface area (Å²) in [6.45, 7) is 3.05. The van der Waals surface area contributed by atoms with Crippen molar-refractivity contribution < 1.29 is 14.9 Å². The molecule has 0 amide bonds. The summed E-state index contributed by atoms with van der Waals surface area (Å²) in [6.07, 6.45) is 0. The van der Waals surface area contributed by atoms with E-state index < -0.39 is 11.5 Å². The first-order valence-electron chi connectivity index (χ1n) is 9.11. The van der Waals surface area contributed by atoms with E-state index in [4.69, 9.17) is 10.5 Å². The fourth-order valence-electron chi connectivity index (χ4n) is 2.86. The van der Waals surface area contributed by atoms with Gasteiger partial charge in [-0.25, -0.2) is 4.98 Å². The highest BCUT2D eigenvalue weighted by Gasteiger charge is 2.25. The normalized spacial score (nSPS) is 12.9. The first-order chi connectivity index (χ1) is 13.4. The van der Waals surface area contributed by atoms with Gasteiger partial charge in [0.2, 0.25) is 0 Å². The topological polar surface area (TPSA) is 111 Å². The van der Waals surface area contributed by atoms with Crippen molar-refractivity contribution in [1.82, 2.24) is 9.55 Å². The molecule has 0 aliphatic heterocycles. The van der Waals surface area contributed by atoms with Gasteiger partial charge >= 0.3 is 0 Å². The van der Waals surface area contributed by atoms with Crippen LogP contribution in [0.4, 0.5) is 0 Å². The number of para-hydroxylation sites is 1. The van der Waals surface area contributed by atoms with Gasteiger partial charge in [-0.05, 0) is 31.2 Å². The van der Waals surface area contributed by atoms with Gasteiger partial charge in [-0.1, -0.05) is 31.2 Å². The van der Waals surface area contributed by atoms with Crippen LogP contribution >= 0.6 is 0 Å². The van der Waals surface area contributed by atoms with E-state index in [1.807, 2.05) is 30.3 Å². The number of aliphatic hydroxyl groups excluding tert-OH is 2. The average Bonchev–Trinajstić information content (AvgIpc) is 2.72. The van der Waals surface area contributed by atoms with Crippen molar-refractivity contribution in [2.75, 3.05) is 19.8 Å². The SMILES string of the molecule is C[C@H](N)c1nc2cccc(OCC(C)(CO)CO)c2c(=O)n1-c1ccccc1. The smallest absolute Gasteiger partial charge is 0.269 e. The molecule has 0 saturated carbocycles. The lowest BCUT2D eigenvalue weighted by molar-refractivity contribution is 0.0291. The predicted octanol–water partition coefficient (Wildman–Crippen LogP) is 1.78. The summed E-state index contributed by atoms with van der Waals surface area (Å²) in [7, 11) is 0. The van der Waals surface area contributed by atoms with Gasteiger partial charge in [0.25, 0.3) is 5.56 Å². The van der Waals surface area contributed by atoms with Crippen LogP contribution in [0.1, 0.15) is 25.7 Å². The lowest BCUT2D eigenvalue weighted by Crippen LogP contribution is -2.33. The van der Waals surface area contributed by atoms with Gasteiger partial charge in [0.1, 0.15) is 17.0 Å². The lowest BCUT2D eigenvalue weighted by Gasteiger charge is -2.25. The van der Waals surface area contributed by atoms with Crippen molar-refractivity contribution in [3.05, 3.63) is 64.7 Å². The van der Waals surface area contributed by atoms with Crippen molar-refractivity contribution in [2.45, 2.75) is 19.9 Å². The third kappa shape index (κ3) is 3.77. The Labute approximate surface area is 163 Å². The summed E-state index contributed by atoms with van der Waals surface area (Å²) in [5.41, 5.74) is 6.14. The molecule has 0 aliphatic rings. The van der Waals surface area contributed by atoms with E-state index in [0.29, 0.717) is 28.2 Å². The molecule has 0 radical (unpaired) electrons. The van der Waals surface area contributed by atoms with Crippen LogP contribution in [0.3, 0.4) is 0 Å². The number of fused-ring (bicyclic) bond motifs is 1. The summed E-state index contributed by atoms with van der Waals surface area (Å²) in [6, 6.07) is 13.9. The van der Waals surface area contributed by atoms with Crippen molar-refractivity contribution in [1.29, 1.82) is 0 Å². The standard InChI is InChI=1S/C21H25N3O4/c1-14(22)19-23-16-9-6-10-17(28-13-21(2,11-25)12-26)18(16)20(27)24(19)15-7-4-3-5-8-15/h3-10,14,25-26H,11-13,22H2,1-2H3/t14-/m0/s1. The number of ether oxygens (including phenoxy) is 1. The van der Waals surface area contributed by atoms with Crippen molar-refractivity contribution in [3.8, 4) is 11.4 Å². The zero-order valence-electron chi connectivity index (χ0n) is 16.0. The van der Waals surface area contributed by atoms with Crippen LogP contribution in [0.2, 0.25) is 0 Å². The summed E-state index contributed by atoms with van der Waals surface area (Å²) in [5, 5.41) is 19.3. The van der Waals surface area contributed by atoms with Crippen molar-refractivity contribution >= 4 is 10.9 Å². The van der Waals surface area contributed by atoms with Crippen LogP contribution in [0, 0.1) is 5.41 Å². The third-order valence-corrected chi connectivity index (χ3v) is 4.65. The Bertz CT molecular complexity index is 1010. The van der Waals surface area contributed by atoms with Gasteiger partial charge in [-0.3, -0.25) is 9.36 Å². The zero-order chi connectivity index (χ0) is 20.3. The monoisotopic (exact) mass is 383 g/mol. The molecule has 3 rings (SSSR count). The Balaban J connectivity index is 2.20. The number of benzene rings is 2. The molecule has 28 heavy (non-hydrogen) atoms. The minimum absolute atomic E-state index is 0.0545. The Morgan fingerprint density at radius 3 is 2.43 bits per heavy atom. The molecule has 4 N–H and O–H groups in total. The van der Waals surface area contributed by atoms with Crippen LogP contribution in [-0.2, 0) is 0 Å². The average molecular weight is 383 g/mol. The highest BCUT2D eigenvalue weighted by Crippen LogP contribution is 2.26. The zero-order valence-corrected chi connectivity index (χ0v) is 16.0. The first-order valence-corrected chi connectivity index (χ1v) is 9.11. The molecule has 1 atom stereocenters. The Hall–Kier alpha value is -2.74. The molecule has 7 nitrogen and oxygen atoms in total. The number of rotatable bonds is 7. The molecule has 0 saturated heterocycles. The van der Waals surface area contributed by atoms with E-state index in [1.165, 1.54) is 4.57 Å². The number of hydrogen-bond donors (Lipinski definition) is 3. The van der Waals surface area contributed by atoms with E-state index in [2.05, 4.69) is 4.98 Å². The molecule has 148 valence electrons. The Kier molecular flexibility index (Phi) is 5.79. The lowest BCUT2D eigenvalue weighted by atomic mass is 9.94. The van der Waals surface area contributed by atoms with Gasteiger partial charge in [-0.15, -0.1) is 0 Å². The molecule has 7 heteroatoms. The maximum absolute atomic E-state index is 13.4. The molecule has 0 aliphatic carbocycles. The van der Waals surface area contributed by atoms with Gasteiger partial charge in [0.15, 0.2) is 0 Å². The van der Waals surface area contributed by atoms with Gasteiger partial charge in [-0.2, -0.15) is 0 Å². The number of nitrogens with zero attached hydrogens (tertiary/aromatic N) is 2. The molecule has 0 unspecified atom stereocenters. The number of nitrogens with two attached hydrogens (primary N) is 1. The quantitative estimate of drug-likeness (QED) is 0.574. The number of aliphatic hydroxyl groups is 2. The van der Waals surface area contributed by atoms with Crippen LogP contribution in [0.15, 0.2) is 53.3 Å². The van der Waals surface area contributed by atoms with Crippen LogP contribution < -0.4 is 16.0 Å². The number of aromatic nitrogens is 2. The van der Waals surface area contributed by atoms with E-state index in [-0.39, 0.29) is 25.4 Å². The molecule has 0 spiro atoms. The highest BCUT2D eigenvalue weighted by atomic mass is 16.5. The molecular formula is C21H25N3O4. The van der Waals surface area contributed by atoms with Gasteiger partial charge in [0, 0.05) is 5.41 Å². The van der Waals surface area contributed by atoms with Gasteiger partial charge in [0.05, 0.1) is 37.1 Å². The van der Waals surface area contributed by atoms with Crippen molar-refractivity contribution in [2.24, 2.45) is 11.1 Å².